The van der Waals surface area contributed by atoms with E-state index < -0.39 is 13.9 Å². The summed E-state index contributed by atoms with van der Waals surface area (Å²) in [5.41, 5.74) is 0. The van der Waals surface area contributed by atoms with E-state index in [1.54, 1.807) is 0 Å². The van der Waals surface area contributed by atoms with E-state index in [0.29, 0.717) is 0 Å². The zero-order valence-corrected chi connectivity index (χ0v) is 11.6. The molecule has 0 spiro atoms. The SMILES string of the molecule is CC(O)CO.C[N+](C)(C)CCO.O=P(O)(O)O. The Morgan fingerprint density at radius 2 is 1.35 bits per heavy atom. The zero-order chi connectivity index (χ0) is 14.7. The molecule has 0 bridgehead atoms. The van der Waals surface area contributed by atoms with E-state index in [2.05, 4.69) is 21.1 Å². The molecule has 0 aromatic carbocycles. The van der Waals surface area contributed by atoms with Crippen LogP contribution in [0.1, 0.15) is 6.92 Å². The van der Waals surface area contributed by atoms with E-state index in [-0.39, 0.29) is 13.2 Å². The van der Waals surface area contributed by atoms with Gasteiger partial charge in [0.15, 0.2) is 0 Å². The minimum Gasteiger partial charge on any atom is -0.394 e. The molecule has 0 rings (SSSR count). The lowest BCUT2D eigenvalue weighted by Gasteiger charge is -2.21. The molecule has 0 amide bonds. The van der Waals surface area contributed by atoms with E-state index in [1.807, 2.05) is 0 Å². The van der Waals surface area contributed by atoms with Crippen LogP contribution in [0.25, 0.3) is 0 Å². The van der Waals surface area contributed by atoms with Gasteiger partial charge in [0, 0.05) is 0 Å². The first-order valence-electron chi connectivity index (χ1n) is 4.82. The summed E-state index contributed by atoms with van der Waals surface area (Å²) in [6.07, 6.45) is -0.560. The van der Waals surface area contributed by atoms with Crippen LogP contribution in [0.3, 0.4) is 0 Å². The number of hydrogen-bond acceptors (Lipinski definition) is 4. The van der Waals surface area contributed by atoms with Crippen LogP contribution >= 0.6 is 7.82 Å². The first-order chi connectivity index (χ1) is 7.33. The predicted molar refractivity (Wildman–Crippen MR) is 63.0 cm³/mol. The van der Waals surface area contributed by atoms with Gasteiger partial charge in [-0.15, -0.1) is 0 Å². The molecular weight excluding hydrogens is 253 g/mol. The molecule has 8 nitrogen and oxygen atoms in total. The molecule has 0 aliphatic rings. The van der Waals surface area contributed by atoms with Crippen molar-refractivity contribution >= 4 is 7.82 Å². The van der Waals surface area contributed by atoms with Crippen LogP contribution in [0.4, 0.5) is 0 Å². The van der Waals surface area contributed by atoms with E-state index in [9.17, 15) is 0 Å². The normalized spacial score (nSPS) is 12.8. The van der Waals surface area contributed by atoms with Gasteiger partial charge in [0.25, 0.3) is 0 Å². The Kier molecular flexibility index (Phi) is 14.4. The maximum Gasteiger partial charge on any atom is 0.466 e. The molecule has 6 N–H and O–H groups in total. The summed E-state index contributed by atoms with van der Waals surface area (Å²) in [6.45, 7) is 2.50. The van der Waals surface area contributed by atoms with Crippen molar-refractivity contribution in [2.45, 2.75) is 13.0 Å². The number of rotatable bonds is 3. The highest BCUT2D eigenvalue weighted by molar-refractivity contribution is 7.45. The third-order valence-corrected chi connectivity index (χ3v) is 1.04. The highest BCUT2D eigenvalue weighted by atomic mass is 31.2. The summed E-state index contributed by atoms with van der Waals surface area (Å²) in [7, 11) is 1.52. The average Bonchev–Trinajstić information content (AvgIpc) is 1.99. The number of nitrogens with zero attached hydrogens (tertiary/aromatic N) is 1. The summed E-state index contributed by atoms with van der Waals surface area (Å²) < 4.78 is 9.73. The first kappa shape index (κ1) is 22.2. The Balaban J connectivity index is -0.000000177. The Morgan fingerprint density at radius 1 is 1.12 bits per heavy atom. The molecule has 0 radical (unpaired) electrons. The van der Waals surface area contributed by atoms with Crippen molar-refractivity contribution in [3.05, 3.63) is 0 Å². The van der Waals surface area contributed by atoms with Crippen molar-refractivity contribution in [3.63, 3.8) is 0 Å². The highest BCUT2D eigenvalue weighted by Crippen LogP contribution is 2.25. The molecule has 0 fully saturated rings. The summed E-state index contributed by atoms with van der Waals surface area (Å²) in [4.78, 5) is 21.6. The molecule has 0 aromatic rings. The quantitative estimate of drug-likeness (QED) is 0.262. The Bertz CT molecular complexity index is 190. The average molecular weight is 278 g/mol. The Labute approximate surface area is 102 Å². The van der Waals surface area contributed by atoms with E-state index in [4.69, 9.17) is 34.6 Å². The monoisotopic (exact) mass is 278 g/mol. The van der Waals surface area contributed by atoms with Crippen molar-refractivity contribution in [1.82, 2.24) is 0 Å². The molecule has 0 aromatic heterocycles. The number of phosphoric acid groups is 1. The third-order valence-electron chi connectivity index (χ3n) is 1.04. The molecule has 1 atom stereocenters. The minimum atomic E-state index is -4.64. The lowest BCUT2D eigenvalue weighted by molar-refractivity contribution is -0.870. The van der Waals surface area contributed by atoms with Gasteiger partial charge in [-0.2, -0.15) is 0 Å². The van der Waals surface area contributed by atoms with Gasteiger partial charge in [0.1, 0.15) is 6.54 Å². The van der Waals surface area contributed by atoms with Crippen LogP contribution in [-0.2, 0) is 4.57 Å². The molecule has 9 heteroatoms. The second-order valence-electron chi connectivity index (χ2n) is 4.28. The fraction of sp³-hybridized carbons (Fsp3) is 1.00. The lowest BCUT2D eigenvalue weighted by atomic mass is 10.5. The molecule has 1 unspecified atom stereocenters. The number of aliphatic hydroxyl groups excluding tert-OH is 3. The Hall–Kier alpha value is -0.0500. The number of likely N-dealkylation sites (N-methyl/N-ethyl adjacent to an activating group) is 1. The molecular formula is C8H25NO7P+. The van der Waals surface area contributed by atoms with Gasteiger partial charge in [-0.1, -0.05) is 0 Å². The largest absolute Gasteiger partial charge is 0.466 e. The summed E-state index contributed by atoms with van der Waals surface area (Å²) in [5, 5.41) is 24.4. The number of quaternary nitrogens is 1. The maximum atomic E-state index is 8.88. The molecule has 17 heavy (non-hydrogen) atoms. The highest BCUT2D eigenvalue weighted by Gasteiger charge is 2.02. The van der Waals surface area contributed by atoms with Crippen molar-refractivity contribution in [2.24, 2.45) is 0 Å². The van der Waals surface area contributed by atoms with Gasteiger partial charge in [0.05, 0.1) is 40.5 Å². The van der Waals surface area contributed by atoms with Gasteiger partial charge in [0.2, 0.25) is 0 Å². The smallest absolute Gasteiger partial charge is 0.394 e. The Morgan fingerprint density at radius 3 is 1.35 bits per heavy atom. The second kappa shape index (κ2) is 11.1. The molecule has 0 aliphatic carbocycles. The molecule has 108 valence electrons. The standard InChI is InChI=1S/C5H14NO.C3H8O2.H3O4P/c1-6(2,3)4-5-7;1-3(5)2-4;1-5(2,3)4/h7H,4-5H2,1-3H3;3-5H,2H2,1H3;(H3,1,2,3,4)/q+1;;. The van der Waals surface area contributed by atoms with Crippen LogP contribution in [-0.4, -0.2) is 81.5 Å². The maximum absolute atomic E-state index is 8.88. The van der Waals surface area contributed by atoms with Crippen molar-refractivity contribution in [2.75, 3.05) is 40.9 Å². The predicted octanol–water partition coefficient (Wildman–Crippen LogP) is -1.88. The minimum absolute atomic E-state index is 0.139. The van der Waals surface area contributed by atoms with Gasteiger partial charge in [-0.05, 0) is 6.92 Å². The van der Waals surface area contributed by atoms with Crippen molar-refractivity contribution in [3.8, 4) is 0 Å². The van der Waals surface area contributed by atoms with Crippen molar-refractivity contribution < 1.29 is 39.0 Å². The molecule has 0 aliphatic heterocycles. The van der Waals surface area contributed by atoms with Gasteiger partial charge in [-0.3, -0.25) is 0 Å². The van der Waals surface area contributed by atoms with Crippen LogP contribution in [0.2, 0.25) is 0 Å². The molecule has 0 saturated carbocycles. The number of hydrogen-bond donors (Lipinski definition) is 6. The summed E-state index contributed by atoms with van der Waals surface area (Å²) in [6, 6.07) is 0. The van der Waals surface area contributed by atoms with Crippen LogP contribution in [0, 0.1) is 0 Å². The van der Waals surface area contributed by atoms with Gasteiger partial charge >= 0.3 is 7.82 Å². The third kappa shape index (κ3) is 87.7. The fourth-order valence-electron chi connectivity index (χ4n) is 0.300. The van der Waals surface area contributed by atoms with Crippen LogP contribution in [0.15, 0.2) is 0 Å². The van der Waals surface area contributed by atoms with Gasteiger partial charge in [-0.25, -0.2) is 4.57 Å². The zero-order valence-electron chi connectivity index (χ0n) is 10.7. The van der Waals surface area contributed by atoms with Gasteiger partial charge < -0.3 is 34.5 Å². The summed E-state index contributed by atoms with van der Waals surface area (Å²) >= 11 is 0. The first-order valence-corrected chi connectivity index (χ1v) is 6.38. The van der Waals surface area contributed by atoms with E-state index in [1.165, 1.54) is 6.92 Å². The topological polar surface area (TPSA) is 138 Å². The lowest BCUT2D eigenvalue weighted by Crippen LogP contribution is -2.36. The van der Waals surface area contributed by atoms with E-state index >= 15 is 0 Å². The van der Waals surface area contributed by atoms with Crippen LogP contribution < -0.4 is 0 Å². The fourth-order valence-corrected chi connectivity index (χ4v) is 0.300. The summed E-state index contributed by atoms with van der Waals surface area (Å²) in [5.74, 6) is 0. The van der Waals surface area contributed by atoms with E-state index in [0.717, 1.165) is 11.0 Å². The molecule has 0 saturated heterocycles. The van der Waals surface area contributed by atoms with Crippen LogP contribution in [0.5, 0.6) is 0 Å². The second-order valence-corrected chi connectivity index (χ2v) is 5.31. The molecule has 0 heterocycles. The van der Waals surface area contributed by atoms with Crippen molar-refractivity contribution in [1.29, 1.82) is 0 Å². The number of aliphatic hydroxyl groups is 3.